The molecule has 0 spiro atoms. The van der Waals surface area contributed by atoms with Gasteiger partial charge in [0.1, 0.15) is 23.4 Å². The van der Waals surface area contributed by atoms with E-state index in [9.17, 15) is 14.7 Å². The minimum atomic E-state index is -1.09. The van der Waals surface area contributed by atoms with Gasteiger partial charge in [-0.25, -0.2) is 0 Å². The minimum Gasteiger partial charge on any atom is -0.494 e. The summed E-state index contributed by atoms with van der Waals surface area (Å²) in [7, 11) is 0. The Balaban J connectivity index is 1.77. The van der Waals surface area contributed by atoms with Gasteiger partial charge in [-0.05, 0) is 91.5 Å². The van der Waals surface area contributed by atoms with Crippen molar-refractivity contribution in [3.8, 4) is 5.75 Å². The number of aromatic amines is 1. The molecule has 1 unspecified atom stereocenters. The van der Waals surface area contributed by atoms with E-state index in [0.29, 0.717) is 23.4 Å². The maximum Gasteiger partial charge on any atom is 0.302 e. The number of hydrogen-bond acceptors (Lipinski definition) is 7. The molecule has 202 valence electrons. The molecule has 0 radical (unpaired) electrons. The maximum absolute atomic E-state index is 13.0. The van der Waals surface area contributed by atoms with Gasteiger partial charge in [-0.2, -0.15) is 0 Å². The van der Waals surface area contributed by atoms with Crippen molar-refractivity contribution in [1.29, 1.82) is 0 Å². The number of carbonyl (C=O) groups excluding carboxylic acids is 1. The number of benzene rings is 2. The summed E-state index contributed by atoms with van der Waals surface area (Å²) >= 11 is 10.6. The van der Waals surface area contributed by atoms with Crippen molar-refractivity contribution >= 4 is 57.1 Å². The number of nitrogens with zero attached hydrogens (tertiary/aromatic N) is 1. The van der Waals surface area contributed by atoms with E-state index < -0.39 is 6.10 Å². The van der Waals surface area contributed by atoms with Crippen molar-refractivity contribution in [3.63, 3.8) is 0 Å². The number of pyridine rings is 1. The number of carbonyl (C=O) groups is 1. The number of H-pyrrole nitrogens is 1. The van der Waals surface area contributed by atoms with E-state index >= 15 is 0 Å². The lowest BCUT2D eigenvalue weighted by molar-refractivity contribution is -0.142. The fraction of sp³-hybridized carbons (Fsp3) is 0.333. The van der Waals surface area contributed by atoms with Crippen molar-refractivity contribution in [3.05, 3.63) is 69.0 Å². The molecule has 5 N–H and O–H groups in total. The lowest BCUT2D eigenvalue weighted by atomic mass is 9.98. The van der Waals surface area contributed by atoms with Crippen molar-refractivity contribution in [1.82, 2.24) is 9.88 Å². The number of nitrogens with one attached hydrogen (secondary N) is 2. The van der Waals surface area contributed by atoms with Crippen LogP contribution in [-0.2, 0) is 22.7 Å². The Labute approximate surface area is 231 Å². The molecule has 1 heterocycles. The number of aliphatic hydroxyl groups is 1. The molecule has 11 heteroatoms. The Morgan fingerprint density at radius 2 is 1.89 bits per heavy atom. The zero-order valence-electron chi connectivity index (χ0n) is 21.8. The summed E-state index contributed by atoms with van der Waals surface area (Å²) in [6, 6.07) is 10.9. The number of thiocarbonyl (C=S) groups is 2. The molecule has 1 aromatic heterocycles. The van der Waals surface area contributed by atoms with Crippen LogP contribution in [-0.4, -0.2) is 50.3 Å². The average molecular weight is 557 g/mol. The Hall–Kier alpha value is -3.54. The third-order valence-corrected chi connectivity index (χ3v) is 6.68. The summed E-state index contributed by atoms with van der Waals surface area (Å²) in [5.74, 6) is 0.359. The van der Waals surface area contributed by atoms with Gasteiger partial charge in [0, 0.05) is 18.2 Å². The Kier molecular flexibility index (Phi) is 9.78. The highest BCUT2D eigenvalue weighted by Gasteiger charge is 2.20. The first-order valence-corrected chi connectivity index (χ1v) is 12.9. The molecule has 0 saturated heterocycles. The normalized spacial score (nSPS) is 11.6. The van der Waals surface area contributed by atoms with E-state index in [1.807, 2.05) is 26.8 Å². The molecule has 1 atom stereocenters. The van der Waals surface area contributed by atoms with Gasteiger partial charge in [-0.3, -0.25) is 9.59 Å². The Bertz CT molecular complexity index is 1410. The first kappa shape index (κ1) is 29.0. The van der Waals surface area contributed by atoms with Crippen LogP contribution >= 0.6 is 24.4 Å². The van der Waals surface area contributed by atoms with Crippen molar-refractivity contribution < 1.29 is 19.4 Å². The fourth-order valence-corrected chi connectivity index (χ4v) is 4.38. The molecule has 38 heavy (non-hydrogen) atoms. The predicted molar refractivity (Wildman–Crippen MR) is 157 cm³/mol. The van der Waals surface area contributed by atoms with Gasteiger partial charge in [-0.1, -0.05) is 12.2 Å². The minimum absolute atomic E-state index is 0.00491. The third kappa shape index (κ3) is 7.27. The van der Waals surface area contributed by atoms with E-state index in [-0.39, 0.29) is 41.3 Å². The van der Waals surface area contributed by atoms with E-state index in [4.69, 9.17) is 39.6 Å². The highest BCUT2D eigenvalue weighted by Crippen LogP contribution is 2.25. The number of hydrogen-bond donors (Lipinski definition) is 4. The van der Waals surface area contributed by atoms with E-state index in [0.717, 1.165) is 27.8 Å². The Morgan fingerprint density at radius 3 is 2.50 bits per heavy atom. The molecule has 0 bridgehead atoms. The van der Waals surface area contributed by atoms with Crippen LogP contribution in [0.5, 0.6) is 5.75 Å². The summed E-state index contributed by atoms with van der Waals surface area (Å²) in [5, 5.41) is 14.6. The summed E-state index contributed by atoms with van der Waals surface area (Å²) in [6.07, 6.45) is -1.09. The number of aryl methyl sites for hydroxylation is 2. The van der Waals surface area contributed by atoms with Crippen molar-refractivity contribution in [2.75, 3.05) is 18.5 Å². The first-order valence-electron chi connectivity index (χ1n) is 12.0. The second kappa shape index (κ2) is 12.8. The molecule has 0 saturated carbocycles. The maximum atomic E-state index is 13.0. The molecule has 0 amide bonds. The van der Waals surface area contributed by atoms with E-state index in [1.165, 1.54) is 11.8 Å². The lowest BCUT2D eigenvalue weighted by Gasteiger charge is -2.26. The van der Waals surface area contributed by atoms with Crippen LogP contribution in [0.25, 0.3) is 10.9 Å². The topological polar surface area (TPSA) is 130 Å². The van der Waals surface area contributed by atoms with Gasteiger partial charge in [0.25, 0.3) is 5.56 Å². The van der Waals surface area contributed by atoms with E-state index in [1.54, 1.807) is 30.3 Å². The van der Waals surface area contributed by atoms with Crippen LogP contribution < -0.4 is 21.3 Å². The molecule has 0 aliphatic heterocycles. The van der Waals surface area contributed by atoms with Gasteiger partial charge in [0.2, 0.25) is 0 Å². The summed E-state index contributed by atoms with van der Waals surface area (Å²) in [4.78, 5) is 28.9. The number of anilines is 1. The molecule has 3 rings (SSSR count). The summed E-state index contributed by atoms with van der Waals surface area (Å²) in [5.41, 5.74) is 10.0. The third-order valence-electron chi connectivity index (χ3n) is 6.05. The SMILES string of the molecule is CCOc1ccc(NC(=S)C(O)CN(Cc2cc3cc(C)c(COC(C)=O)c(C)c3[nH]c2=O)C(N)=S)cc1. The smallest absolute Gasteiger partial charge is 0.302 e. The van der Waals surface area contributed by atoms with Crippen LogP contribution in [0, 0.1) is 13.8 Å². The quantitative estimate of drug-likeness (QED) is 0.218. The number of fused-ring (bicyclic) bond motifs is 1. The lowest BCUT2D eigenvalue weighted by Crippen LogP contribution is -2.44. The average Bonchev–Trinajstić information content (AvgIpc) is 2.85. The number of nitrogens with two attached hydrogens (primary N) is 1. The van der Waals surface area contributed by atoms with Crippen LogP contribution in [0.2, 0.25) is 0 Å². The number of rotatable bonds is 10. The van der Waals surface area contributed by atoms with Crippen molar-refractivity contribution in [2.24, 2.45) is 5.73 Å². The molecular formula is C27H32N4O5S2. The van der Waals surface area contributed by atoms with Crippen LogP contribution in [0.3, 0.4) is 0 Å². The van der Waals surface area contributed by atoms with Gasteiger partial charge >= 0.3 is 5.97 Å². The highest BCUT2D eigenvalue weighted by molar-refractivity contribution is 7.80. The summed E-state index contributed by atoms with van der Waals surface area (Å²) < 4.78 is 10.6. The zero-order valence-corrected chi connectivity index (χ0v) is 23.4. The molecular weight excluding hydrogens is 524 g/mol. The van der Waals surface area contributed by atoms with E-state index in [2.05, 4.69) is 10.3 Å². The number of ether oxygens (including phenoxy) is 2. The Morgan fingerprint density at radius 1 is 1.21 bits per heavy atom. The van der Waals surface area contributed by atoms with Gasteiger partial charge in [0.15, 0.2) is 5.11 Å². The second-order valence-corrected chi connectivity index (χ2v) is 9.70. The molecule has 0 fully saturated rings. The number of esters is 1. The summed E-state index contributed by atoms with van der Waals surface area (Å²) in [6.45, 7) is 7.83. The van der Waals surface area contributed by atoms with Crippen molar-refractivity contribution in [2.45, 2.75) is 47.0 Å². The van der Waals surface area contributed by atoms with Crippen LogP contribution in [0.15, 0.2) is 41.2 Å². The molecule has 0 aliphatic rings. The molecule has 9 nitrogen and oxygen atoms in total. The molecule has 3 aromatic rings. The number of aromatic nitrogens is 1. The molecule has 0 aliphatic carbocycles. The zero-order chi connectivity index (χ0) is 28.0. The van der Waals surface area contributed by atoms with Crippen LogP contribution in [0.1, 0.15) is 36.1 Å². The van der Waals surface area contributed by atoms with Gasteiger partial charge < -0.3 is 35.5 Å². The first-order chi connectivity index (χ1) is 18.0. The highest BCUT2D eigenvalue weighted by atomic mass is 32.1. The monoisotopic (exact) mass is 556 g/mol. The number of aliphatic hydroxyl groups excluding tert-OH is 1. The molecule has 2 aromatic carbocycles. The van der Waals surface area contributed by atoms with Gasteiger partial charge in [-0.15, -0.1) is 0 Å². The standard InChI is InChI=1S/C27H32N4O5S2/c1-5-35-21-8-6-20(7-9-21)29-26(37)23(33)13-31(27(28)38)12-19-11-18-10-15(2)22(14-36-17(4)32)16(3)24(18)30-25(19)34/h6-11,23,33H,5,12-14H2,1-4H3,(H2,28,38)(H,29,37)(H,30,34). The largest absolute Gasteiger partial charge is 0.494 e. The predicted octanol–water partition coefficient (Wildman–Crippen LogP) is 3.45. The fourth-order valence-electron chi connectivity index (χ4n) is 4.05. The van der Waals surface area contributed by atoms with Crippen LogP contribution in [0.4, 0.5) is 5.69 Å². The second-order valence-electron chi connectivity index (χ2n) is 8.85. The van der Waals surface area contributed by atoms with Gasteiger partial charge in [0.05, 0.1) is 25.2 Å².